The smallest absolute Gasteiger partial charge is 0.287 e. The molecule has 8 nitrogen and oxygen atoms in total. The molecule has 4 rings (SSSR count). The van der Waals surface area contributed by atoms with Gasteiger partial charge in [-0.3, -0.25) is 9.59 Å². The van der Waals surface area contributed by atoms with E-state index >= 15 is 0 Å². The summed E-state index contributed by atoms with van der Waals surface area (Å²) in [5.41, 5.74) is 3.75. The maximum Gasteiger partial charge on any atom is 0.287 e. The number of para-hydroxylation sites is 1. The van der Waals surface area contributed by atoms with Crippen LogP contribution in [0.5, 0.6) is 17.2 Å². The highest BCUT2D eigenvalue weighted by atomic mass is 16.7. The number of carbonyl (C=O) groups is 2. The van der Waals surface area contributed by atoms with Gasteiger partial charge in [-0.1, -0.05) is 36.4 Å². The highest BCUT2D eigenvalue weighted by Crippen LogP contribution is 2.31. The van der Waals surface area contributed by atoms with E-state index in [0.717, 1.165) is 0 Å². The molecule has 3 aromatic rings. The van der Waals surface area contributed by atoms with Crippen LogP contribution in [0.2, 0.25) is 0 Å². The summed E-state index contributed by atoms with van der Waals surface area (Å²) in [4.78, 5) is 25.3. The van der Waals surface area contributed by atoms with Gasteiger partial charge in [0.05, 0.1) is 6.21 Å². The maximum atomic E-state index is 12.8. The van der Waals surface area contributed by atoms with Crippen LogP contribution in [0.4, 0.5) is 0 Å². The number of benzene rings is 3. The van der Waals surface area contributed by atoms with Gasteiger partial charge in [0.15, 0.2) is 11.5 Å². The van der Waals surface area contributed by atoms with Gasteiger partial charge >= 0.3 is 0 Å². The second kappa shape index (κ2) is 9.48. The van der Waals surface area contributed by atoms with Crippen molar-refractivity contribution in [3.8, 4) is 17.2 Å². The van der Waals surface area contributed by atoms with E-state index in [4.69, 9.17) is 9.47 Å². The molecule has 0 spiro atoms. The summed E-state index contributed by atoms with van der Waals surface area (Å²) < 4.78 is 10.6. The Morgan fingerprint density at radius 2 is 1.69 bits per heavy atom. The summed E-state index contributed by atoms with van der Waals surface area (Å²) in [6.07, 6.45) is 2.82. The van der Waals surface area contributed by atoms with Gasteiger partial charge in [-0.05, 0) is 48.0 Å². The summed E-state index contributed by atoms with van der Waals surface area (Å²) in [5, 5.41) is 16.6. The van der Waals surface area contributed by atoms with Gasteiger partial charge in [0.1, 0.15) is 11.4 Å². The normalized spacial score (nSPS) is 12.6. The third kappa shape index (κ3) is 4.93. The van der Waals surface area contributed by atoms with Gasteiger partial charge in [-0.2, -0.15) is 5.10 Å². The Balaban J connectivity index is 1.52. The molecular formula is C24H19N3O5. The van der Waals surface area contributed by atoms with Crippen molar-refractivity contribution in [2.45, 2.75) is 0 Å². The predicted octanol–water partition coefficient (Wildman–Crippen LogP) is 3.04. The fourth-order valence-electron chi connectivity index (χ4n) is 2.93. The van der Waals surface area contributed by atoms with E-state index in [1.54, 1.807) is 66.7 Å². The van der Waals surface area contributed by atoms with Crippen molar-refractivity contribution in [3.05, 3.63) is 95.2 Å². The lowest BCUT2D eigenvalue weighted by Crippen LogP contribution is -2.32. The molecule has 0 saturated heterocycles. The summed E-state index contributed by atoms with van der Waals surface area (Å²) >= 11 is 0. The van der Waals surface area contributed by atoms with Crippen LogP contribution in [0.1, 0.15) is 21.5 Å². The zero-order valence-corrected chi connectivity index (χ0v) is 16.8. The number of fused-ring (bicyclic) bond motifs is 1. The van der Waals surface area contributed by atoms with Gasteiger partial charge in [0.2, 0.25) is 6.79 Å². The third-order valence-electron chi connectivity index (χ3n) is 4.54. The van der Waals surface area contributed by atoms with Crippen molar-refractivity contribution in [1.29, 1.82) is 0 Å². The van der Waals surface area contributed by atoms with Crippen molar-refractivity contribution in [2.24, 2.45) is 5.10 Å². The largest absolute Gasteiger partial charge is 0.507 e. The lowest BCUT2D eigenvalue weighted by atomic mass is 10.1. The second-order valence-electron chi connectivity index (χ2n) is 6.75. The minimum atomic E-state index is -0.658. The minimum absolute atomic E-state index is 0.0318. The molecule has 160 valence electrons. The number of nitrogens with zero attached hydrogens (tertiary/aromatic N) is 1. The van der Waals surface area contributed by atoms with Crippen molar-refractivity contribution in [3.63, 3.8) is 0 Å². The van der Waals surface area contributed by atoms with Crippen LogP contribution in [-0.2, 0) is 4.79 Å². The quantitative estimate of drug-likeness (QED) is 0.317. The molecule has 2 amide bonds. The number of nitrogens with one attached hydrogen (secondary N) is 2. The standard InChI is InChI=1S/C24H19N3O5/c28-20-9-5-4-8-18(20)13-19(26-23(29)17-6-2-1-3-7-17)24(30)27-25-14-16-10-11-21-22(12-16)32-15-31-21/h1-14,28H,15H2,(H,26,29)(H,27,30). The molecule has 0 aromatic heterocycles. The number of rotatable bonds is 6. The average molecular weight is 429 g/mol. The van der Waals surface area contributed by atoms with E-state index < -0.39 is 11.8 Å². The minimum Gasteiger partial charge on any atom is -0.507 e. The van der Waals surface area contributed by atoms with E-state index in [1.807, 2.05) is 0 Å². The number of phenols is 1. The van der Waals surface area contributed by atoms with Crippen LogP contribution in [-0.4, -0.2) is 29.9 Å². The van der Waals surface area contributed by atoms with Crippen molar-refractivity contribution >= 4 is 24.1 Å². The van der Waals surface area contributed by atoms with Gasteiger partial charge in [0.25, 0.3) is 11.8 Å². The number of aromatic hydroxyl groups is 1. The van der Waals surface area contributed by atoms with Crippen LogP contribution in [0.15, 0.2) is 83.6 Å². The third-order valence-corrected chi connectivity index (χ3v) is 4.54. The fourth-order valence-corrected chi connectivity index (χ4v) is 2.93. The molecule has 8 heteroatoms. The van der Waals surface area contributed by atoms with Gasteiger partial charge in [-0.25, -0.2) is 5.43 Å². The summed E-state index contributed by atoms with van der Waals surface area (Å²) in [6, 6.07) is 20.2. The predicted molar refractivity (Wildman–Crippen MR) is 118 cm³/mol. The molecule has 1 aliphatic rings. The number of carbonyl (C=O) groups excluding carboxylic acids is 2. The Hall–Kier alpha value is -4.59. The molecule has 0 fully saturated rings. The number of hydrogen-bond acceptors (Lipinski definition) is 6. The van der Waals surface area contributed by atoms with E-state index in [9.17, 15) is 14.7 Å². The number of hydrogen-bond donors (Lipinski definition) is 3. The number of hydrazone groups is 1. The molecule has 0 saturated carbocycles. The number of phenolic OH excluding ortho intramolecular Hbond substituents is 1. The number of amides is 2. The van der Waals surface area contributed by atoms with E-state index in [-0.39, 0.29) is 18.2 Å². The zero-order valence-electron chi connectivity index (χ0n) is 16.8. The van der Waals surface area contributed by atoms with Gasteiger partial charge in [0, 0.05) is 11.1 Å². The second-order valence-corrected chi connectivity index (χ2v) is 6.75. The maximum absolute atomic E-state index is 12.8. The molecule has 0 unspecified atom stereocenters. The summed E-state index contributed by atoms with van der Waals surface area (Å²) in [7, 11) is 0. The monoisotopic (exact) mass is 429 g/mol. The molecule has 32 heavy (non-hydrogen) atoms. The molecule has 0 atom stereocenters. The van der Waals surface area contributed by atoms with Gasteiger partial charge < -0.3 is 19.9 Å². The lowest BCUT2D eigenvalue weighted by molar-refractivity contribution is -0.117. The van der Waals surface area contributed by atoms with Crippen LogP contribution >= 0.6 is 0 Å². The highest BCUT2D eigenvalue weighted by molar-refractivity contribution is 6.05. The van der Waals surface area contributed by atoms with Gasteiger partial charge in [-0.15, -0.1) is 0 Å². The van der Waals surface area contributed by atoms with Crippen LogP contribution in [0, 0.1) is 0 Å². The first kappa shape index (κ1) is 20.7. The molecule has 0 aliphatic carbocycles. The average Bonchev–Trinajstić information content (AvgIpc) is 3.28. The summed E-state index contributed by atoms with van der Waals surface area (Å²) in [6.45, 7) is 0.161. The van der Waals surface area contributed by atoms with Crippen molar-refractivity contribution < 1.29 is 24.2 Å². The Labute approximate surface area is 183 Å². The molecule has 0 bridgehead atoms. The van der Waals surface area contributed by atoms with Crippen molar-refractivity contribution in [1.82, 2.24) is 10.7 Å². The first-order chi connectivity index (χ1) is 15.6. The number of ether oxygens (including phenoxy) is 2. The lowest BCUT2D eigenvalue weighted by Gasteiger charge is -2.09. The van der Waals surface area contributed by atoms with E-state index in [1.165, 1.54) is 18.4 Å². The first-order valence-electron chi connectivity index (χ1n) is 9.69. The highest BCUT2D eigenvalue weighted by Gasteiger charge is 2.15. The van der Waals surface area contributed by atoms with Crippen molar-refractivity contribution in [2.75, 3.05) is 6.79 Å². The van der Waals surface area contributed by atoms with E-state index in [0.29, 0.717) is 28.2 Å². The Morgan fingerprint density at radius 3 is 2.50 bits per heavy atom. The summed E-state index contributed by atoms with van der Waals surface area (Å²) in [5.74, 6) is 0.0746. The molecule has 1 heterocycles. The van der Waals surface area contributed by atoms with Crippen LogP contribution in [0.3, 0.4) is 0 Å². The molecule has 1 aliphatic heterocycles. The molecule has 3 N–H and O–H groups in total. The zero-order chi connectivity index (χ0) is 22.3. The Morgan fingerprint density at radius 1 is 0.938 bits per heavy atom. The van der Waals surface area contributed by atoms with Crippen LogP contribution < -0.4 is 20.2 Å². The molecular weight excluding hydrogens is 410 g/mol. The topological polar surface area (TPSA) is 109 Å². The molecule has 3 aromatic carbocycles. The van der Waals surface area contributed by atoms with Crippen LogP contribution in [0.25, 0.3) is 6.08 Å². The fraction of sp³-hybridized carbons (Fsp3) is 0.0417. The molecule has 0 radical (unpaired) electrons. The van der Waals surface area contributed by atoms with E-state index in [2.05, 4.69) is 15.8 Å². The Bertz CT molecular complexity index is 1210. The first-order valence-corrected chi connectivity index (χ1v) is 9.69. The Kier molecular flexibility index (Phi) is 6.12. The SMILES string of the molecule is O=C(NN=Cc1ccc2c(c1)OCO2)C(=Cc1ccccc1O)NC(=O)c1ccccc1.